The first-order chi connectivity index (χ1) is 12.2. The SMILES string of the molecule is Cc1ccc(N)cc1C(O)C(CC(=O)OC(C)(C)C)NC(=O)OC(C)(C)C. The molecule has 0 spiro atoms. The zero-order valence-corrected chi connectivity index (χ0v) is 17.3. The molecule has 7 nitrogen and oxygen atoms in total. The summed E-state index contributed by atoms with van der Waals surface area (Å²) in [6, 6.07) is 4.18. The van der Waals surface area contributed by atoms with Crippen LogP contribution in [0.4, 0.5) is 10.5 Å². The Bertz CT molecular complexity index is 644. The number of carbonyl (C=O) groups excluding carboxylic acids is 2. The minimum atomic E-state index is -1.16. The topological polar surface area (TPSA) is 111 Å². The molecule has 7 heteroatoms. The van der Waals surface area contributed by atoms with E-state index < -0.39 is 35.4 Å². The number of nitrogens with two attached hydrogens (primary N) is 1. The number of nitrogen functional groups attached to an aromatic ring is 1. The molecular formula is C20H32N2O5. The number of esters is 1. The normalized spacial score (nSPS) is 14.2. The highest BCUT2D eigenvalue weighted by molar-refractivity contribution is 5.73. The smallest absolute Gasteiger partial charge is 0.407 e. The van der Waals surface area contributed by atoms with Crippen LogP contribution in [0.25, 0.3) is 0 Å². The average molecular weight is 380 g/mol. The van der Waals surface area contributed by atoms with Crippen molar-refractivity contribution in [1.82, 2.24) is 5.32 Å². The minimum Gasteiger partial charge on any atom is -0.460 e. The maximum absolute atomic E-state index is 12.3. The Morgan fingerprint density at radius 2 is 1.67 bits per heavy atom. The predicted molar refractivity (Wildman–Crippen MR) is 104 cm³/mol. The number of hydrogen-bond acceptors (Lipinski definition) is 6. The lowest BCUT2D eigenvalue weighted by Crippen LogP contribution is -2.44. The van der Waals surface area contributed by atoms with Crippen molar-refractivity contribution in [3.63, 3.8) is 0 Å². The molecule has 0 heterocycles. The number of nitrogens with one attached hydrogen (secondary N) is 1. The summed E-state index contributed by atoms with van der Waals surface area (Å²) in [4.78, 5) is 24.5. The lowest BCUT2D eigenvalue weighted by Gasteiger charge is -2.28. The second kappa shape index (κ2) is 8.61. The van der Waals surface area contributed by atoms with Crippen molar-refractivity contribution in [3.8, 4) is 0 Å². The fourth-order valence-corrected chi connectivity index (χ4v) is 2.46. The molecule has 2 unspecified atom stereocenters. The van der Waals surface area contributed by atoms with Gasteiger partial charge in [0.25, 0.3) is 0 Å². The van der Waals surface area contributed by atoms with E-state index in [-0.39, 0.29) is 6.42 Å². The molecule has 1 aromatic rings. The van der Waals surface area contributed by atoms with Gasteiger partial charge in [0.15, 0.2) is 0 Å². The number of hydrogen-bond donors (Lipinski definition) is 3. The molecule has 0 aliphatic carbocycles. The average Bonchev–Trinajstić information content (AvgIpc) is 2.44. The second-order valence-electron chi connectivity index (χ2n) is 8.60. The minimum absolute atomic E-state index is 0.216. The number of aliphatic hydroxyl groups is 1. The van der Waals surface area contributed by atoms with E-state index >= 15 is 0 Å². The van der Waals surface area contributed by atoms with Crippen LogP contribution < -0.4 is 11.1 Å². The summed E-state index contributed by atoms with van der Waals surface area (Å²) >= 11 is 0. The van der Waals surface area contributed by atoms with Gasteiger partial charge in [-0.15, -0.1) is 0 Å². The van der Waals surface area contributed by atoms with Crippen molar-refractivity contribution in [3.05, 3.63) is 29.3 Å². The van der Waals surface area contributed by atoms with Gasteiger partial charge in [0, 0.05) is 5.69 Å². The molecule has 1 rings (SSSR count). The van der Waals surface area contributed by atoms with E-state index in [1.165, 1.54) is 0 Å². The standard InChI is InChI=1S/C20H32N2O5/c1-12-8-9-13(21)10-14(12)17(24)15(11-16(23)26-19(2,3)4)22-18(25)27-20(5,6)7/h8-10,15,17,24H,11,21H2,1-7H3,(H,22,25). The van der Waals surface area contributed by atoms with Crippen molar-refractivity contribution >= 4 is 17.7 Å². The summed E-state index contributed by atoms with van der Waals surface area (Å²) in [7, 11) is 0. The first-order valence-corrected chi connectivity index (χ1v) is 8.93. The van der Waals surface area contributed by atoms with Crippen LogP contribution in [0.5, 0.6) is 0 Å². The number of ether oxygens (including phenoxy) is 2. The van der Waals surface area contributed by atoms with Crippen molar-refractivity contribution in [2.75, 3.05) is 5.73 Å². The predicted octanol–water partition coefficient (Wildman–Crippen LogP) is 3.24. The first-order valence-electron chi connectivity index (χ1n) is 8.93. The van der Waals surface area contributed by atoms with E-state index in [1.807, 2.05) is 6.92 Å². The van der Waals surface area contributed by atoms with E-state index in [1.54, 1.807) is 59.7 Å². The summed E-state index contributed by atoms with van der Waals surface area (Å²) in [5.74, 6) is -0.538. The highest BCUT2D eigenvalue weighted by Crippen LogP contribution is 2.26. The molecular weight excluding hydrogens is 348 g/mol. The van der Waals surface area contributed by atoms with Gasteiger partial charge in [0.05, 0.1) is 12.5 Å². The van der Waals surface area contributed by atoms with Crippen LogP contribution in [-0.4, -0.2) is 34.4 Å². The third-order valence-corrected chi connectivity index (χ3v) is 3.51. The number of aryl methyl sites for hydroxylation is 1. The largest absolute Gasteiger partial charge is 0.460 e. The quantitative estimate of drug-likeness (QED) is 0.534. The van der Waals surface area contributed by atoms with Crippen LogP contribution in [0, 0.1) is 6.92 Å². The second-order valence-corrected chi connectivity index (χ2v) is 8.60. The van der Waals surface area contributed by atoms with Crippen LogP contribution in [0.3, 0.4) is 0 Å². The van der Waals surface area contributed by atoms with E-state index in [4.69, 9.17) is 15.2 Å². The van der Waals surface area contributed by atoms with E-state index in [0.29, 0.717) is 11.3 Å². The number of aliphatic hydroxyl groups excluding tert-OH is 1. The molecule has 1 amide bonds. The van der Waals surface area contributed by atoms with Crippen molar-refractivity contribution in [1.29, 1.82) is 0 Å². The van der Waals surface area contributed by atoms with Gasteiger partial charge in [-0.2, -0.15) is 0 Å². The number of amides is 1. The van der Waals surface area contributed by atoms with E-state index in [0.717, 1.165) is 5.56 Å². The Labute approximate surface area is 161 Å². The van der Waals surface area contributed by atoms with Crippen LogP contribution in [0.1, 0.15) is 65.2 Å². The van der Waals surface area contributed by atoms with Gasteiger partial charge in [-0.05, 0) is 71.7 Å². The molecule has 0 fully saturated rings. The summed E-state index contributed by atoms with van der Waals surface area (Å²) < 4.78 is 10.6. The maximum atomic E-state index is 12.3. The van der Waals surface area contributed by atoms with Crippen LogP contribution >= 0.6 is 0 Å². The molecule has 0 saturated heterocycles. The van der Waals surface area contributed by atoms with Crippen molar-refractivity contribution in [2.45, 2.75) is 78.2 Å². The van der Waals surface area contributed by atoms with Gasteiger partial charge in [0.1, 0.15) is 17.3 Å². The van der Waals surface area contributed by atoms with Gasteiger partial charge in [0.2, 0.25) is 0 Å². The zero-order chi connectivity index (χ0) is 21.0. The molecule has 4 N–H and O–H groups in total. The van der Waals surface area contributed by atoms with E-state index in [2.05, 4.69) is 5.32 Å². The Kier molecular flexibility index (Phi) is 7.25. The van der Waals surface area contributed by atoms with Crippen molar-refractivity contribution in [2.24, 2.45) is 0 Å². The number of rotatable bonds is 5. The summed E-state index contributed by atoms with van der Waals surface area (Å²) in [6.07, 6.45) is -2.10. The molecule has 0 aliphatic rings. The Morgan fingerprint density at radius 3 is 2.19 bits per heavy atom. The van der Waals surface area contributed by atoms with Crippen molar-refractivity contribution < 1.29 is 24.2 Å². The molecule has 2 atom stereocenters. The van der Waals surface area contributed by atoms with E-state index in [9.17, 15) is 14.7 Å². The number of alkyl carbamates (subject to hydrolysis) is 1. The molecule has 0 saturated carbocycles. The molecule has 0 bridgehead atoms. The van der Waals surface area contributed by atoms with Crippen LogP contribution in [0.2, 0.25) is 0 Å². The van der Waals surface area contributed by atoms with Crippen LogP contribution in [0.15, 0.2) is 18.2 Å². The van der Waals surface area contributed by atoms with Gasteiger partial charge >= 0.3 is 12.1 Å². The molecule has 27 heavy (non-hydrogen) atoms. The summed E-state index contributed by atoms with van der Waals surface area (Å²) in [6.45, 7) is 12.3. The molecule has 152 valence electrons. The number of benzene rings is 1. The number of anilines is 1. The first kappa shape index (κ1) is 22.8. The van der Waals surface area contributed by atoms with Gasteiger partial charge in [-0.3, -0.25) is 4.79 Å². The van der Waals surface area contributed by atoms with Crippen LogP contribution in [-0.2, 0) is 14.3 Å². The molecule has 0 aliphatic heterocycles. The fraction of sp³-hybridized carbons (Fsp3) is 0.600. The highest BCUT2D eigenvalue weighted by Gasteiger charge is 2.30. The Balaban J connectivity index is 3.06. The summed E-state index contributed by atoms with van der Waals surface area (Å²) in [5.41, 5.74) is 6.23. The maximum Gasteiger partial charge on any atom is 0.407 e. The molecule has 0 radical (unpaired) electrons. The monoisotopic (exact) mass is 380 g/mol. The Hall–Kier alpha value is -2.28. The zero-order valence-electron chi connectivity index (χ0n) is 17.3. The van der Waals surface area contributed by atoms with Gasteiger partial charge in [-0.25, -0.2) is 4.79 Å². The lowest BCUT2D eigenvalue weighted by atomic mass is 9.95. The fourth-order valence-electron chi connectivity index (χ4n) is 2.46. The summed E-state index contributed by atoms with van der Waals surface area (Å²) in [5, 5.41) is 13.4. The molecule has 0 aromatic heterocycles. The number of carbonyl (C=O) groups is 2. The van der Waals surface area contributed by atoms with Gasteiger partial charge < -0.3 is 25.6 Å². The van der Waals surface area contributed by atoms with Gasteiger partial charge in [-0.1, -0.05) is 6.07 Å². The highest BCUT2D eigenvalue weighted by atomic mass is 16.6. The molecule has 1 aromatic carbocycles. The third-order valence-electron chi connectivity index (χ3n) is 3.51. The Morgan fingerprint density at radius 1 is 1.11 bits per heavy atom. The lowest BCUT2D eigenvalue weighted by molar-refractivity contribution is -0.156. The third kappa shape index (κ3) is 8.30.